The second-order valence-electron chi connectivity index (χ2n) is 9.78. The molecule has 5 aromatic rings. The van der Waals surface area contributed by atoms with E-state index in [0.29, 0.717) is 0 Å². The van der Waals surface area contributed by atoms with Gasteiger partial charge in [0, 0.05) is 95.6 Å². The minimum absolute atomic E-state index is 0.988. The molecule has 4 aromatic heterocycles. The number of pyridine rings is 4. The molecular weight excluding hydrogens is 593 g/mol. The maximum absolute atomic E-state index is 4.17. The molecule has 0 fully saturated rings. The van der Waals surface area contributed by atoms with Gasteiger partial charge in [0.15, 0.2) is 0 Å². The first-order valence-corrected chi connectivity index (χ1v) is 18.5. The van der Waals surface area contributed by atoms with E-state index in [-0.39, 0.29) is 0 Å². The Bertz CT molecular complexity index is 1250. The van der Waals surface area contributed by atoms with Crippen molar-refractivity contribution in [3.8, 4) is 0 Å². The summed E-state index contributed by atoms with van der Waals surface area (Å²) in [5.41, 5.74) is 11.1. The molecule has 4 nitrogen and oxygen atoms in total. The van der Waals surface area contributed by atoms with Gasteiger partial charge in [-0.3, -0.25) is 19.9 Å². The molecule has 0 unspecified atom stereocenters. The van der Waals surface area contributed by atoms with Crippen LogP contribution in [-0.2, 0) is 46.0 Å². The Labute approximate surface area is 266 Å². The van der Waals surface area contributed by atoms with Crippen molar-refractivity contribution >= 4 is 47.0 Å². The summed E-state index contributed by atoms with van der Waals surface area (Å²) in [6.45, 7) is 0. The molecule has 0 atom stereocenters. The molecule has 0 saturated carbocycles. The second-order valence-corrected chi connectivity index (χ2v) is 13.7. The first-order valence-electron chi connectivity index (χ1n) is 13.8. The molecule has 4 heterocycles. The van der Waals surface area contributed by atoms with Gasteiger partial charge in [0.05, 0.1) is 0 Å². The van der Waals surface area contributed by atoms with E-state index in [1.54, 1.807) is 0 Å². The van der Waals surface area contributed by atoms with Crippen LogP contribution in [0.3, 0.4) is 0 Å². The number of benzene rings is 1. The van der Waals surface area contributed by atoms with E-state index in [2.05, 4.69) is 80.6 Å². The Hall–Kier alpha value is -2.78. The highest BCUT2D eigenvalue weighted by Gasteiger charge is 2.12. The number of nitrogens with zero attached hydrogens (tertiary/aromatic N) is 4. The zero-order valence-electron chi connectivity index (χ0n) is 23.5. The largest absolute Gasteiger partial charge is 0.265 e. The average Bonchev–Trinajstić information content (AvgIpc) is 3.04. The van der Waals surface area contributed by atoms with E-state index >= 15 is 0 Å². The molecule has 0 bridgehead atoms. The number of hydrogen-bond acceptors (Lipinski definition) is 8. The summed E-state index contributed by atoms with van der Waals surface area (Å²) in [5, 5.41) is 0. The third-order valence-corrected chi connectivity index (χ3v) is 10.8. The molecule has 0 aliphatic heterocycles. The summed E-state index contributed by atoms with van der Waals surface area (Å²) in [6, 6.07) is 21.9. The van der Waals surface area contributed by atoms with Gasteiger partial charge in [-0.1, -0.05) is 12.1 Å². The van der Waals surface area contributed by atoms with Crippen molar-refractivity contribution < 1.29 is 0 Å². The van der Waals surface area contributed by atoms with Gasteiger partial charge >= 0.3 is 0 Å². The molecule has 0 N–H and O–H groups in total. The summed E-state index contributed by atoms with van der Waals surface area (Å²) < 4.78 is 0. The van der Waals surface area contributed by atoms with Crippen molar-refractivity contribution in [1.82, 2.24) is 19.9 Å². The highest BCUT2D eigenvalue weighted by molar-refractivity contribution is 7.98. The fraction of sp³-hybridized carbons (Fsp3) is 0.235. The van der Waals surface area contributed by atoms with Crippen molar-refractivity contribution in [2.75, 3.05) is 0 Å². The summed E-state index contributed by atoms with van der Waals surface area (Å²) in [6.07, 6.45) is 15.1. The first-order chi connectivity index (χ1) is 20.8. The lowest BCUT2D eigenvalue weighted by Crippen LogP contribution is -2.01. The Morgan fingerprint density at radius 3 is 0.738 bits per heavy atom. The van der Waals surface area contributed by atoms with E-state index in [1.165, 1.54) is 44.5 Å². The SMILES string of the molecule is c1cc(CSCc2cc(CSCc3ccncc3)c(CSCc3ccncc3)cc2CSCc2ccncc2)ccn1. The molecule has 0 aliphatic rings. The third kappa shape index (κ3) is 10.2. The number of hydrogen-bond donors (Lipinski definition) is 0. The van der Waals surface area contributed by atoms with Crippen LogP contribution in [0.1, 0.15) is 44.5 Å². The summed E-state index contributed by atoms with van der Waals surface area (Å²) in [4.78, 5) is 16.7. The number of rotatable bonds is 16. The van der Waals surface area contributed by atoms with E-state index in [4.69, 9.17) is 0 Å². The standard InChI is InChI=1S/C34H34N4S4/c1-9-35-10-2-27(1)19-39-23-31-17-33(25-41-21-29-5-13-37-14-6-29)34(26-42-22-30-7-15-38-16-8-30)18-32(31)24-40-20-28-3-11-36-12-4-28/h1-18H,19-26H2. The molecular formula is C34H34N4S4. The van der Waals surface area contributed by atoms with Gasteiger partial charge in [0.2, 0.25) is 0 Å². The van der Waals surface area contributed by atoms with Gasteiger partial charge in [-0.2, -0.15) is 47.0 Å². The van der Waals surface area contributed by atoms with E-state index in [0.717, 1.165) is 46.0 Å². The van der Waals surface area contributed by atoms with Crippen molar-refractivity contribution in [2.45, 2.75) is 46.0 Å². The Morgan fingerprint density at radius 1 is 0.310 bits per heavy atom. The van der Waals surface area contributed by atoms with Crippen LogP contribution < -0.4 is 0 Å². The quantitative estimate of drug-likeness (QED) is 0.108. The molecule has 0 aliphatic carbocycles. The van der Waals surface area contributed by atoms with E-state index in [9.17, 15) is 0 Å². The topological polar surface area (TPSA) is 51.6 Å². The molecule has 42 heavy (non-hydrogen) atoms. The molecule has 214 valence electrons. The van der Waals surface area contributed by atoms with Gasteiger partial charge < -0.3 is 0 Å². The molecule has 0 radical (unpaired) electrons. The van der Waals surface area contributed by atoms with Gasteiger partial charge in [-0.15, -0.1) is 0 Å². The highest BCUT2D eigenvalue weighted by atomic mass is 32.2. The molecule has 0 amide bonds. The zero-order chi connectivity index (χ0) is 28.7. The lowest BCUT2D eigenvalue weighted by atomic mass is 10.0. The Kier molecular flexibility index (Phi) is 12.7. The Balaban J connectivity index is 1.33. The maximum atomic E-state index is 4.17. The fourth-order valence-corrected chi connectivity index (χ4v) is 8.44. The van der Waals surface area contributed by atoms with Crippen molar-refractivity contribution in [2.24, 2.45) is 0 Å². The predicted octanol–water partition coefficient (Wildman–Crippen LogP) is 9.00. The molecule has 0 saturated heterocycles. The second kappa shape index (κ2) is 17.4. The smallest absolute Gasteiger partial charge is 0.0270 e. The minimum Gasteiger partial charge on any atom is -0.265 e. The summed E-state index contributed by atoms with van der Waals surface area (Å²) in [5.74, 6) is 7.95. The lowest BCUT2D eigenvalue weighted by molar-refractivity contribution is 1.17. The molecule has 8 heteroatoms. The van der Waals surface area contributed by atoms with Crippen LogP contribution in [0.4, 0.5) is 0 Å². The first kappa shape index (κ1) is 30.7. The normalized spacial score (nSPS) is 11.0. The Morgan fingerprint density at radius 2 is 0.524 bits per heavy atom. The maximum Gasteiger partial charge on any atom is 0.0270 e. The van der Waals surface area contributed by atoms with Crippen LogP contribution in [0.2, 0.25) is 0 Å². The van der Waals surface area contributed by atoms with Crippen LogP contribution in [0.25, 0.3) is 0 Å². The van der Waals surface area contributed by atoms with Gasteiger partial charge in [-0.05, 0) is 93.0 Å². The van der Waals surface area contributed by atoms with Gasteiger partial charge in [0.1, 0.15) is 0 Å². The van der Waals surface area contributed by atoms with Crippen LogP contribution >= 0.6 is 47.0 Å². The van der Waals surface area contributed by atoms with E-state index in [1.807, 2.05) is 96.6 Å². The highest BCUT2D eigenvalue weighted by Crippen LogP contribution is 2.32. The van der Waals surface area contributed by atoms with Crippen LogP contribution in [-0.4, -0.2) is 19.9 Å². The monoisotopic (exact) mass is 626 g/mol. The van der Waals surface area contributed by atoms with Crippen LogP contribution in [0, 0.1) is 0 Å². The molecule has 0 spiro atoms. The van der Waals surface area contributed by atoms with Crippen molar-refractivity contribution in [3.05, 3.63) is 155 Å². The van der Waals surface area contributed by atoms with Crippen LogP contribution in [0.5, 0.6) is 0 Å². The lowest BCUT2D eigenvalue weighted by Gasteiger charge is -2.17. The van der Waals surface area contributed by atoms with Gasteiger partial charge in [-0.25, -0.2) is 0 Å². The summed E-state index contributed by atoms with van der Waals surface area (Å²) in [7, 11) is 0. The molecule has 5 rings (SSSR count). The summed E-state index contributed by atoms with van der Waals surface area (Å²) >= 11 is 7.93. The molecule has 1 aromatic carbocycles. The van der Waals surface area contributed by atoms with Gasteiger partial charge in [0.25, 0.3) is 0 Å². The predicted molar refractivity (Wildman–Crippen MR) is 183 cm³/mol. The number of thioether (sulfide) groups is 4. The van der Waals surface area contributed by atoms with Crippen LogP contribution in [0.15, 0.2) is 110 Å². The minimum atomic E-state index is 0.988. The zero-order valence-corrected chi connectivity index (χ0v) is 26.7. The van der Waals surface area contributed by atoms with E-state index < -0.39 is 0 Å². The van der Waals surface area contributed by atoms with Crippen molar-refractivity contribution in [3.63, 3.8) is 0 Å². The fourth-order valence-electron chi connectivity index (χ4n) is 4.36. The number of aromatic nitrogens is 4. The average molecular weight is 627 g/mol. The third-order valence-electron chi connectivity index (χ3n) is 6.62. The van der Waals surface area contributed by atoms with Crippen molar-refractivity contribution in [1.29, 1.82) is 0 Å².